The summed E-state index contributed by atoms with van der Waals surface area (Å²) >= 11 is 0. The minimum Gasteiger partial charge on any atom is -0.367 e. The summed E-state index contributed by atoms with van der Waals surface area (Å²) in [6, 6.07) is 4.30. The molecule has 0 fully saturated rings. The minimum absolute atomic E-state index is 0.404. The lowest BCUT2D eigenvalue weighted by Gasteiger charge is -2.20. The first-order valence-corrected chi connectivity index (χ1v) is 6.05. The predicted octanol–water partition coefficient (Wildman–Crippen LogP) is 2.87. The van der Waals surface area contributed by atoms with Crippen molar-refractivity contribution in [2.75, 3.05) is 5.32 Å². The Hall–Kier alpha value is -1.71. The maximum Gasteiger partial charge on any atom is 0.180 e. The number of nitrogens with one attached hydrogen (secondary N) is 1. The lowest BCUT2D eigenvalue weighted by molar-refractivity contribution is 0.493. The van der Waals surface area contributed by atoms with Gasteiger partial charge >= 0.3 is 0 Å². The maximum atomic E-state index is 4.45. The van der Waals surface area contributed by atoms with E-state index in [9.17, 15) is 0 Å². The van der Waals surface area contributed by atoms with Crippen LogP contribution in [-0.2, 0) is 0 Å². The van der Waals surface area contributed by atoms with Crippen molar-refractivity contribution >= 4 is 17.0 Å². The molecule has 0 saturated carbocycles. The van der Waals surface area contributed by atoms with E-state index in [2.05, 4.69) is 41.0 Å². The molecule has 4 nitrogen and oxygen atoms in total. The second kappa shape index (κ2) is 5.08. The first-order valence-electron chi connectivity index (χ1n) is 6.05. The SMILES string of the molecule is CCC(C)C(C)Nc1ccc2nccnc2n1. The first kappa shape index (κ1) is 11.8. The summed E-state index contributed by atoms with van der Waals surface area (Å²) in [5.74, 6) is 1.49. The highest BCUT2D eigenvalue weighted by atomic mass is 15.0. The van der Waals surface area contributed by atoms with Crippen LogP contribution in [0.15, 0.2) is 24.5 Å². The summed E-state index contributed by atoms with van der Waals surface area (Å²) in [4.78, 5) is 12.8. The molecule has 0 aliphatic heterocycles. The van der Waals surface area contributed by atoms with Crippen molar-refractivity contribution in [2.45, 2.75) is 33.2 Å². The van der Waals surface area contributed by atoms with Gasteiger partial charge in [0.1, 0.15) is 11.3 Å². The summed E-state index contributed by atoms with van der Waals surface area (Å²) in [5, 5.41) is 3.41. The number of aromatic nitrogens is 3. The minimum atomic E-state index is 0.404. The molecule has 0 aliphatic carbocycles. The maximum absolute atomic E-state index is 4.45. The first-order chi connectivity index (χ1) is 8.20. The molecule has 2 atom stereocenters. The summed E-state index contributed by atoms with van der Waals surface area (Å²) in [6.45, 7) is 6.61. The number of rotatable bonds is 4. The third-order valence-corrected chi connectivity index (χ3v) is 3.20. The molecule has 0 aliphatic rings. The van der Waals surface area contributed by atoms with E-state index in [1.165, 1.54) is 0 Å². The number of pyridine rings is 1. The number of anilines is 1. The van der Waals surface area contributed by atoms with Crippen LogP contribution >= 0.6 is 0 Å². The molecule has 17 heavy (non-hydrogen) atoms. The predicted molar refractivity (Wildman–Crippen MR) is 69.9 cm³/mol. The van der Waals surface area contributed by atoms with Crippen molar-refractivity contribution in [1.82, 2.24) is 15.0 Å². The van der Waals surface area contributed by atoms with E-state index in [4.69, 9.17) is 0 Å². The highest BCUT2D eigenvalue weighted by molar-refractivity contribution is 5.71. The van der Waals surface area contributed by atoms with Gasteiger partial charge in [0.05, 0.1) is 0 Å². The molecular formula is C13H18N4. The highest BCUT2D eigenvalue weighted by Crippen LogP contribution is 2.15. The van der Waals surface area contributed by atoms with Crippen molar-refractivity contribution in [3.8, 4) is 0 Å². The number of fused-ring (bicyclic) bond motifs is 1. The van der Waals surface area contributed by atoms with Gasteiger partial charge in [-0.2, -0.15) is 0 Å². The monoisotopic (exact) mass is 230 g/mol. The van der Waals surface area contributed by atoms with Gasteiger partial charge in [-0.15, -0.1) is 0 Å². The average Bonchev–Trinajstić information content (AvgIpc) is 2.37. The van der Waals surface area contributed by atoms with Crippen LogP contribution in [0, 0.1) is 5.92 Å². The fourth-order valence-electron chi connectivity index (χ4n) is 1.66. The van der Waals surface area contributed by atoms with E-state index in [0.29, 0.717) is 17.6 Å². The van der Waals surface area contributed by atoms with E-state index in [0.717, 1.165) is 17.8 Å². The second-order valence-electron chi connectivity index (χ2n) is 4.41. The molecule has 2 unspecified atom stereocenters. The summed E-state index contributed by atoms with van der Waals surface area (Å²) < 4.78 is 0. The fraction of sp³-hybridized carbons (Fsp3) is 0.462. The van der Waals surface area contributed by atoms with Gasteiger partial charge in [-0.25, -0.2) is 9.97 Å². The topological polar surface area (TPSA) is 50.7 Å². The third kappa shape index (κ3) is 2.70. The van der Waals surface area contributed by atoms with Gasteiger partial charge in [0.2, 0.25) is 0 Å². The van der Waals surface area contributed by atoms with Crippen molar-refractivity contribution in [2.24, 2.45) is 5.92 Å². The molecule has 4 heteroatoms. The zero-order valence-corrected chi connectivity index (χ0v) is 10.5. The van der Waals surface area contributed by atoms with Gasteiger partial charge in [0.15, 0.2) is 5.65 Å². The molecule has 0 radical (unpaired) electrons. The molecule has 2 rings (SSSR count). The zero-order chi connectivity index (χ0) is 12.3. The standard InChI is InChI=1S/C13H18N4/c1-4-9(2)10(3)16-12-6-5-11-13(17-12)15-8-7-14-11/h5-10H,4H2,1-3H3,(H,15,16,17). The number of hydrogen-bond acceptors (Lipinski definition) is 4. The molecule has 2 aromatic rings. The molecule has 0 aromatic carbocycles. The van der Waals surface area contributed by atoms with Crippen LogP contribution in [0.1, 0.15) is 27.2 Å². The van der Waals surface area contributed by atoms with E-state index < -0.39 is 0 Å². The van der Waals surface area contributed by atoms with Crippen molar-refractivity contribution in [1.29, 1.82) is 0 Å². The van der Waals surface area contributed by atoms with Gasteiger partial charge in [-0.05, 0) is 25.0 Å². The molecule has 2 aromatic heterocycles. The summed E-state index contributed by atoms with van der Waals surface area (Å²) in [6.07, 6.45) is 4.50. The summed E-state index contributed by atoms with van der Waals surface area (Å²) in [7, 11) is 0. The third-order valence-electron chi connectivity index (χ3n) is 3.20. The Morgan fingerprint density at radius 2 is 1.94 bits per heavy atom. The van der Waals surface area contributed by atoms with Crippen molar-refractivity contribution in [3.05, 3.63) is 24.5 Å². The lowest BCUT2D eigenvalue weighted by Crippen LogP contribution is -2.23. The lowest BCUT2D eigenvalue weighted by atomic mass is 10.0. The Labute approximate surface area is 102 Å². The average molecular weight is 230 g/mol. The molecular weight excluding hydrogens is 212 g/mol. The Morgan fingerprint density at radius 1 is 1.18 bits per heavy atom. The van der Waals surface area contributed by atoms with E-state index >= 15 is 0 Å². The molecule has 1 N–H and O–H groups in total. The molecule has 0 saturated heterocycles. The Morgan fingerprint density at radius 3 is 2.71 bits per heavy atom. The number of nitrogens with zero attached hydrogens (tertiary/aromatic N) is 3. The van der Waals surface area contributed by atoms with E-state index in [1.54, 1.807) is 12.4 Å². The van der Waals surface area contributed by atoms with E-state index in [1.807, 2.05) is 12.1 Å². The van der Waals surface area contributed by atoms with Gasteiger partial charge in [-0.3, -0.25) is 4.98 Å². The normalized spacial score (nSPS) is 14.5. The highest BCUT2D eigenvalue weighted by Gasteiger charge is 2.10. The van der Waals surface area contributed by atoms with Crippen molar-refractivity contribution < 1.29 is 0 Å². The van der Waals surface area contributed by atoms with Crippen LogP contribution in [0.4, 0.5) is 5.82 Å². The smallest absolute Gasteiger partial charge is 0.180 e. The number of hydrogen-bond donors (Lipinski definition) is 1. The molecule has 90 valence electrons. The van der Waals surface area contributed by atoms with Crippen LogP contribution in [0.2, 0.25) is 0 Å². The van der Waals surface area contributed by atoms with Crippen LogP contribution in [-0.4, -0.2) is 21.0 Å². The second-order valence-corrected chi connectivity index (χ2v) is 4.41. The van der Waals surface area contributed by atoms with Gasteiger partial charge in [0.25, 0.3) is 0 Å². The van der Waals surface area contributed by atoms with Crippen LogP contribution in [0.5, 0.6) is 0 Å². The Bertz CT molecular complexity index is 497. The molecule has 0 amide bonds. The molecule has 0 bridgehead atoms. The van der Waals surface area contributed by atoms with E-state index in [-0.39, 0.29) is 0 Å². The van der Waals surface area contributed by atoms with Gasteiger partial charge in [-0.1, -0.05) is 20.3 Å². The summed E-state index contributed by atoms with van der Waals surface area (Å²) in [5.41, 5.74) is 1.52. The fourth-order valence-corrected chi connectivity index (χ4v) is 1.66. The molecule has 0 spiro atoms. The Kier molecular flexibility index (Phi) is 3.52. The zero-order valence-electron chi connectivity index (χ0n) is 10.5. The van der Waals surface area contributed by atoms with Crippen LogP contribution in [0.3, 0.4) is 0 Å². The van der Waals surface area contributed by atoms with Crippen molar-refractivity contribution in [3.63, 3.8) is 0 Å². The van der Waals surface area contributed by atoms with Crippen LogP contribution in [0.25, 0.3) is 11.2 Å². The Balaban J connectivity index is 2.19. The van der Waals surface area contributed by atoms with Gasteiger partial charge < -0.3 is 5.32 Å². The quantitative estimate of drug-likeness (QED) is 0.877. The van der Waals surface area contributed by atoms with Crippen LogP contribution < -0.4 is 5.32 Å². The largest absolute Gasteiger partial charge is 0.367 e. The van der Waals surface area contributed by atoms with Gasteiger partial charge in [0, 0.05) is 18.4 Å². The molecule has 2 heterocycles.